The standard InChI is InChI=1S/C24H29N5O4S/c1-14(17-4-3-7-26-11-17)8-21(30)28-23-22(25)19-6-5-16(10-20(19)34-23)13-32-24(31)27-12-18-9-15(2)29-33-18/h3-4,7,9,11,14,16H,5-6,8,10,12-13,25H2,1-2H3,(H,27,31)(H,28,30). The molecule has 34 heavy (non-hydrogen) atoms. The van der Waals surface area contributed by atoms with Crippen molar-refractivity contribution >= 4 is 34.0 Å². The van der Waals surface area contributed by atoms with Gasteiger partial charge in [-0.05, 0) is 55.2 Å². The van der Waals surface area contributed by atoms with E-state index in [2.05, 4.69) is 20.8 Å². The van der Waals surface area contributed by atoms with Gasteiger partial charge in [-0.2, -0.15) is 0 Å². The summed E-state index contributed by atoms with van der Waals surface area (Å²) in [7, 11) is 0. The van der Waals surface area contributed by atoms with Gasteiger partial charge in [0.1, 0.15) is 5.00 Å². The molecular weight excluding hydrogens is 454 g/mol. The monoisotopic (exact) mass is 483 g/mol. The first-order valence-corrected chi connectivity index (χ1v) is 12.1. The number of nitrogens with zero attached hydrogens (tertiary/aromatic N) is 2. The largest absolute Gasteiger partial charge is 0.449 e. The maximum Gasteiger partial charge on any atom is 0.407 e. The van der Waals surface area contributed by atoms with Crippen LogP contribution in [0, 0.1) is 12.8 Å². The Morgan fingerprint density at radius 1 is 1.41 bits per heavy atom. The van der Waals surface area contributed by atoms with Crippen molar-refractivity contribution in [1.29, 1.82) is 0 Å². The highest BCUT2D eigenvalue weighted by molar-refractivity contribution is 7.17. The smallest absolute Gasteiger partial charge is 0.407 e. The average Bonchev–Trinajstić information content (AvgIpc) is 3.39. The lowest BCUT2D eigenvalue weighted by Gasteiger charge is -2.22. The van der Waals surface area contributed by atoms with Crippen molar-refractivity contribution < 1.29 is 18.8 Å². The van der Waals surface area contributed by atoms with Crippen LogP contribution in [0.25, 0.3) is 0 Å². The fourth-order valence-corrected chi connectivity index (χ4v) is 5.36. The Balaban J connectivity index is 1.26. The van der Waals surface area contributed by atoms with E-state index < -0.39 is 6.09 Å². The Kier molecular flexibility index (Phi) is 7.46. The van der Waals surface area contributed by atoms with E-state index in [1.54, 1.807) is 18.5 Å². The Labute approximate surface area is 202 Å². The van der Waals surface area contributed by atoms with Crippen LogP contribution in [-0.2, 0) is 28.9 Å². The third-order valence-corrected chi connectivity index (χ3v) is 7.13. The number of nitrogens with one attached hydrogen (secondary N) is 2. The SMILES string of the molecule is Cc1cc(CNC(=O)OCC2CCc3c(sc(NC(=O)CC(C)c4cccnc4)c3N)C2)on1. The zero-order valence-corrected chi connectivity index (χ0v) is 20.1. The molecule has 180 valence electrons. The molecular formula is C24H29N5O4S. The fraction of sp³-hybridized carbons (Fsp3) is 0.417. The highest BCUT2D eigenvalue weighted by Crippen LogP contribution is 2.41. The Morgan fingerprint density at radius 2 is 2.26 bits per heavy atom. The van der Waals surface area contributed by atoms with Crippen molar-refractivity contribution in [1.82, 2.24) is 15.5 Å². The van der Waals surface area contributed by atoms with E-state index in [0.29, 0.717) is 29.5 Å². The molecule has 0 fully saturated rings. The normalized spacial score (nSPS) is 15.9. The highest BCUT2D eigenvalue weighted by atomic mass is 32.1. The lowest BCUT2D eigenvalue weighted by Crippen LogP contribution is -2.27. The van der Waals surface area contributed by atoms with Crippen molar-refractivity contribution in [3.63, 3.8) is 0 Å². The highest BCUT2D eigenvalue weighted by Gasteiger charge is 2.26. The van der Waals surface area contributed by atoms with Crippen LogP contribution in [0.3, 0.4) is 0 Å². The molecule has 0 aromatic carbocycles. The van der Waals surface area contributed by atoms with E-state index in [9.17, 15) is 9.59 Å². The number of carbonyl (C=O) groups is 2. The summed E-state index contributed by atoms with van der Waals surface area (Å²) in [6, 6.07) is 5.61. The Bertz CT molecular complexity index is 1140. The summed E-state index contributed by atoms with van der Waals surface area (Å²) in [6.45, 7) is 4.38. The van der Waals surface area contributed by atoms with E-state index in [1.807, 2.05) is 26.0 Å². The van der Waals surface area contributed by atoms with E-state index in [0.717, 1.165) is 41.0 Å². The van der Waals surface area contributed by atoms with Crippen LogP contribution in [0.1, 0.15) is 53.1 Å². The second-order valence-electron chi connectivity index (χ2n) is 8.68. The number of thiophene rings is 1. The molecule has 0 saturated carbocycles. The van der Waals surface area contributed by atoms with E-state index in [4.69, 9.17) is 15.0 Å². The summed E-state index contributed by atoms with van der Waals surface area (Å²) in [6.07, 6.45) is 5.81. The minimum absolute atomic E-state index is 0.0604. The summed E-state index contributed by atoms with van der Waals surface area (Å²) < 4.78 is 10.5. The van der Waals surface area contributed by atoms with Crippen molar-refractivity contribution in [3.8, 4) is 0 Å². The number of carbonyl (C=O) groups excluding carboxylic acids is 2. The number of pyridine rings is 1. The van der Waals surface area contributed by atoms with Crippen molar-refractivity contribution in [2.24, 2.45) is 5.92 Å². The summed E-state index contributed by atoms with van der Waals surface area (Å²) in [4.78, 5) is 29.9. The van der Waals surface area contributed by atoms with Crippen LogP contribution in [0.15, 0.2) is 35.1 Å². The van der Waals surface area contributed by atoms with Gasteiger partial charge in [0, 0.05) is 29.8 Å². The van der Waals surface area contributed by atoms with Gasteiger partial charge in [0.25, 0.3) is 0 Å². The van der Waals surface area contributed by atoms with Crippen LogP contribution in [0.2, 0.25) is 0 Å². The van der Waals surface area contributed by atoms with Gasteiger partial charge in [0.05, 0.1) is 24.5 Å². The van der Waals surface area contributed by atoms with E-state index >= 15 is 0 Å². The summed E-state index contributed by atoms with van der Waals surface area (Å²) in [5.74, 6) is 0.776. The molecule has 1 aliphatic rings. The minimum atomic E-state index is -0.485. The minimum Gasteiger partial charge on any atom is -0.449 e. The van der Waals surface area contributed by atoms with Gasteiger partial charge >= 0.3 is 6.09 Å². The van der Waals surface area contributed by atoms with Gasteiger partial charge in [-0.15, -0.1) is 11.3 Å². The first-order valence-electron chi connectivity index (χ1n) is 11.3. The molecule has 1 aliphatic carbocycles. The maximum atomic E-state index is 12.6. The number of ether oxygens (including phenoxy) is 1. The first kappa shape index (κ1) is 23.7. The molecule has 0 aliphatic heterocycles. The number of rotatable bonds is 8. The topological polar surface area (TPSA) is 132 Å². The lowest BCUT2D eigenvalue weighted by atomic mass is 9.89. The second kappa shape index (κ2) is 10.7. The third kappa shape index (κ3) is 5.93. The summed E-state index contributed by atoms with van der Waals surface area (Å²) >= 11 is 1.52. The molecule has 2 amide bonds. The molecule has 2 atom stereocenters. The maximum absolute atomic E-state index is 12.6. The average molecular weight is 484 g/mol. The van der Waals surface area contributed by atoms with Gasteiger partial charge in [-0.25, -0.2) is 4.79 Å². The molecule has 3 aromatic rings. The number of hydrogen-bond acceptors (Lipinski definition) is 8. The number of alkyl carbamates (subject to hydrolysis) is 1. The number of fused-ring (bicyclic) bond motifs is 1. The molecule has 0 spiro atoms. The fourth-order valence-electron chi connectivity index (χ4n) is 4.06. The van der Waals surface area contributed by atoms with Gasteiger partial charge in [0.2, 0.25) is 5.91 Å². The second-order valence-corrected chi connectivity index (χ2v) is 9.79. The van der Waals surface area contributed by atoms with Crippen molar-refractivity contribution in [2.75, 3.05) is 17.7 Å². The lowest BCUT2D eigenvalue weighted by molar-refractivity contribution is -0.116. The molecule has 4 rings (SSSR count). The van der Waals surface area contributed by atoms with Gasteiger partial charge < -0.3 is 25.6 Å². The third-order valence-electron chi connectivity index (χ3n) is 5.94. The van der Waals surface area contributed by atoms with Crippen molar-refractivity contribution in [3.05, 3.63) is 58.1 Å². The molecule has 0 bridgehead atoms. The molecule has 2 unspecified atom stereocenters. The summed E-state index contributed by atoms with van der Waals surface area (Å²) in [5, 5.41) is 10.2. The van der Waals surface area contributed by atoms with E-state index in [-0.39, 0.29) is 24.3 Å². The van der Waals surface area contributed by atoms with Crippen molar-refractivity contribution in [2.45, 2.75) is 52.0 Å². The van der Waals surface area contributed by atoms with Crippen LogP contribution < -0.4 is 16.4 Å². The zero-order valence-electron chi connectivity index (χ0n) is 19.3. The van der Waals surface area contributed by atoms with E-state index in [1.165, 1.54) is 11.3 Å². The molecule has 3 heterocycles. The van der Waals surface area contributed by atoms with Crippen LogP contribution in [0.5, 0.6) is 0 Å². The number of aryl methyl sites for hydroxylation is 1. The number of aromatic nitrogens is 2. The molecule has 4 N–H and O–H groups in total. The number of anilines is 2. The van der Waals surface area contributed by atoms with Crippen LogP contribution in [-0.4, -0.2) is 28.7 Å². The summed E-state index contributed by atoms with van der Waals surface area (Å²) in [5.41, 5.74) is 9.90. The molecule has 0 radical (unpaired) electrons. The predicted molar refractivity (Wildman–Crippen MR) is 130 cm³/mol. The molecule has 10 heteroatoms. The predicted octanol–water partition coefficient (Wildman–Crippen LogP) is 4.19. The quantitative estimate of drug-likeness (QED) is 0.438. The van der Waals surface area contributed by atoms with Crippen LogP contribution >= 0.6 is 11.3 Å². The Hall–Kier alpha value is -3.40. The Morgan fingerprint density at radius 3 is 3.00 bits per heavy atom. The van der Waals surface area contributed by atoms with Gasteiger partial charge in [0.15, 0.2) is 5.76 Å². The zero-order chi connectivity index (χ0) is 24.1. The number of nitrogens with two attached hydrogens (primary N) is 1. The first-order chi connectivity index (χ1) is 16.4. The molecule has 9 nitrogen and oxygen atoms in total. The number of hydrogen-bond donors (Lipinski definition) is 3. The van der Waals surface area contributed by atoms with Crippen LogP contribution in [0.4, 0.5) is 15.5 Å². The van der Waals surface area contributed by atoms with Gasteiger partial charge in [-0.3, -0.25) is 9.78 Å². The molecule has 0 saturated heterocycles. The molecule has 3 aromatic heterocycles. The number of nitrogen functional groups attached to an aromatic ring is 1. The van der Waals surface area contributed by atoms with Gasteiger partial charge in [-0.1, -0.05) is 18.1 Å². The number of amides is 2.